The van der Waals surface area contributed by atoms with Crippen LogP contribution in [0.1, 0.15) is 0 Å². The van der Waals surface area contributed by atoms with Crippen molar-refractivity contribution in [2.24, 2.45) is 0 Å². The zero-order valence-corrected chi connectivity index (χ0v) is 8.32. The zero-order valence-electron chi connectivity index (χ0n) is 6.69. The molecule has 4 heteroatoms. The van der Waals surface area contributed by atoms with E-state index in [1.807, 2.05) is 30.3 Å². The van der Waals surface area contributed by atoms with Gasteiger partial charge in [0.05, 0.1) is 0 Å². The first kappa shape index (κ1) is 12.0. The summed E-state index contributed by atoms with van der Waals surface area (Å²) in [5.41, 5.74) is -0.0249. The van der Waals surface area contributed by atoms with Gasteiger partial charge in [-0.25, -0.2) is 0 Å². The van der Waals surface area contributed by atoms with Crippen molar-refractivity contribution in [2.45, 2.75) is 0 Å². The maximum Gasteiger partial charge on any atom is 0.255 e. The average Bonchev–Trinajstić information content (AvgIpc) is 2.06. The smallest absolute Gasteiger partial charge is 0.255 e. The number of benzene rings is 1. The molecule has 1 N–H and O–H groups in total. The minimum absolute atomic E-state index is 0. The predicted octanol–water partition coefficient (Wildman–Crippen LogP) is 2.37. The van der Waals surface area contributed by atoms with Crippen molar-refractivity contribution >= 4 is 35.6 Å². The molecule has 1 aromatic carbocycles. The third-order valence-corrected chi connectivity index (χ3v) is 1.68. The number of hydrogen-bond acceptors (Lipinski definition) is 1. The Labute approximate surface area is 87.8 Å². The Morgan fingerprint density at radius 3 is 2.38 bits per heavy atom. The van der Waals surface area contributed by atoms with Crippen molar-refractivity contribution in [3.63, 3.8) is 0 Å². The number of halogens is 2. The molecule has 1 heterocycles. The van der Waals surface area contributed by atoms with Gasteiger partial charge in [-0.2, -0.15) is 0 Å². The Kier molecular flexibility index (Phi) is 4.52. The zero-order chi connectivity index (χ0) is 7.68. The van der Waals surface area contributed by atoms with Crippen molar-refractivity contribution < 1.29 is 0 Å². The average molecular weight is 218 g/mol. The second-order valence-corrected chi connectivity index (χ2v) is 2.39. The normalized spacial score (nSPS) is 8.62. The molecule has 70 valence electrons. The minimum Gasteiger partial charge on any atom is -0.329 e. The Bertz CT molecular complexity index is 433. The van der Waals surface area contributed by atoms with E-state index in [1.165, 1.54) is 0 Å². The van der Waals surface area contributed by atoms with Crippen LogP contribution in [0.25, 0.3) is 10.8 Å². The van der Waals surface area contributed by atoms with Gasteiger partial charge in [0.2, 0.25) is 0 Å². The summed E-state index contributed by atoms with van der Waals surface area (Å²) in [6, 6.07) is 9.40. The minimum atomic E-state index is -0.0249. The molecule has 2 nitrogen and oxygen atoms in total. The molecule has 2 aromatic rings. The number of aromatic amines is 1. The van der Waals surface area contributed by atoms with Gasteiger partial charge in [-0.1, -0.05) is 18.2 Å². The van der Waals surface area contributed by atoms with Gasteiger partial charge >= 0.3 is 0 Å². The fraction of sp³-hybridized carbons (Fsp3) is 0. The van der Waals surface area contributed by atoms with E-state index in [2.05, 4.69) is 4.98 Å². The lowest BCUT2D eigenvalue weighted by atomic mass is 10.2. The van der Waals surface area contributed by atoms with Crippen molar-refractivity contribution in [1.29, 1.82) is 0 Å². The number of nitrogens with one attached hydrogen (secondary N) is 1. The summed E-state index contributed by atoms with van der Waals surface area (Å²) in [7, 11) is 0. The Balaban J connectivity index is 0.000000720. The molecule has 0 aliphatic carbocycles. The van der Waals surface area contributed by atoms with E-state index < -0.39 is 0 Å². The van der Waals surface area contributed by atoms with Gasteiger partial charge in [0.15, 0.2) is 0 Å². The number of fused-ring (bicyclic) bond motifs is 1. The van der Waals surface area contributed by atoms with Crippen LogP contribution >= 0.6 is 24.8 Å². The van der Waals surface area contributed by atoms with E-state index in [-0.39, 0.29) is 30.4 Å². The van der Waals surface area contributed by atoms with Crippen LogP contribution in [-0.2, 0) is 0 Å². The third kappa shape index (κ3) is 2.23. The van der Waals surface area contributed by atoms with Gasteiger partial charge in [0.1, 0.15) is 0 Å². The lowest BCUT2D eigenvalue weighted by Crippen LogP contribution is -2.03. The van der Waals surface area contributed by atoms with Crippen LogP contribution in [0.4, 0.5) is 0 Å². The molecule has 2 rings (SSSR count). The van der Waals surface area contributed by atoms with Crippen LogP contribution in [-0.4, -0.2) is 4.98 Å². The molecule has 1 aromatic heterocycles. The van der Waals surface area contributed by atoms with Crippen LogP contribution in [0, 0.1) is 0 Å². The van der Waals surface area contributed by atoms with Crippen molar-refractivity contribution in [1.82, 2.24) is 4.98 Å². The first-order chi connectivity index (χ1) is 5.38. The molecule has 13 heavy (non-hydrogen) atoms. The van der Waals surface area contributed by atoms with Crippen molar-refractivity contribution in [3.05, 3.63) is 46.9 Å². The standard InChI is InChI=1S/C9H7NO.2ClH/c11-9-8-4-2-1-3-7(8)5-6-10-9;;/h1-6H,(H,10,11);2*1H. The van der Waals surface area contributed by atoms with Gasteiger partial charge in [0.25, 0.3) is 5.56 Å². The van der Waals surface area contributed by atoms with Gasteiger partial charge in [-0.3, -0.25) is 4.79 Å². The number of aromatic nitrogens is 1. The van der Waals surface area contributed by atoms with Gasteiger partial charge < -0.3 is 4.98 Å². The Morgan fingerprint density at radius 2 is 1.69 bits per heavy atom. The summed E-state index contributed by atoms with van der Waals surface area (Å²) in [6.07, 6.45) is 1.66. The highest BCUT2D eigenvalue weighted by molar-refractivity contribution is 5.85. The summed E-state index contributed by atoms with van der Waals surface area (Å²) in [5.74, 6) is 0. The largest absolute Gasteiger partial charge is 0.329 e. The van der Waals surface area contributed by atoms with E-state index in [9.17, 15) is 4.79 Å². The van der Waals surface area contributed by atoms with Gasteiger partial charge in [-0.05, 0) is 17.5 Å². The second kappa shape index (κ2) is 4.90. The molecular weight excluding hydrogens is 209 g/mol. The molecule has 0 atom stereocenters. The summed E-state index contributed by atoms with van der Waals surface area (Å²) in [5, 5.41) is 1.73. The van der Waals surface area contributed by atoms with Gasteiger partial charge in [0, 0.05) is 11.6 Å². The summed E-state index contributed by atoms with van der Waals surface area (Å²) in [6.45, 7) is 0. The first-order valence-electron chi connectivity index (χ1n) is 3.44. The molecular formula is C9H9Cl2NO. The molecule has 0 saturated heterocycles. The van der Waals surface area contributed by atoms with Crippen LogP contribution in [0.2, 0.25) is 0 Å². The topological polar surface area (TPSA) is 32.9 Å². The van der Waals surface area contributed by atoms with E-state index in [0.29, 0.717) is 0 Å². The fourth-order valence-corrected chi connectivity index (χ4v) is 1.13. The highest BCUT2D eigenvalue weighted by atomic mass is 35.5. The SMILES string of the molecule is Cl.Cl.O=c1[nH]ccc2ccccc12. The first-order valence-corrected chi connectivity index (χ1v) is 3.44. The van der Waals surface area contributed by atoms with Crippen LogP contribution in [0.15, 0.2) is 41.3 Å². The molecule has 0 spiro atoms. The van der Waals surface area contributed by atoms with Gasteiger partial charge in [-0.15, -0.1) is 24.8 Å². The maximum atomic E-state index is 11.1. The van der Waals surface area contributed by atoms with Crippen LogP contribution < -0.4 is 5.56 Å². The molecule has 0 fully saturated rings. The molecule has 0 aliphatic heterocycles. The number of H-pyrrole nitrogens is 1. The van der Waals surface area contributed by atoms with E-state index in [0.717, 1.165) is 10.8 Å². The lowest BCUT2D eigenvalue weighted by molar-refractivity contribution is 1.28. The Morgan fingerprint density at radius 1 is 1.00 bits per heavy atom. The third-order valence-electron chi connectivity index (χ3n) is 1.68. The maximum absolute atomic E-state index is 11.1. The monoisotopic (exact) mass is 217 g/mol. The molecule has 0 bridgehead atoms. The van der Waals surface area contributed by atoms with Crippen LogP contribution in [0.5, 0.6) is 0 Å². The van der Waals surface area contributed by atoms with E-state index in [1.54, 1.807) is 6.20 Å². The van der Waals surface area contributed by atoms with E-state index >= 15 is 0 Å². The van der Waals surface area contributed by atoms with Crippen molar-refractivity contribution in [3.8, 4) is 0 Å². The van der Waals surface area contributed by atoms with Crippen LogP contribution in [0.3, 0.4) is 0 Å². The molecule has 0 aliphatic rings. The summed E-state index contributed by atoms with van der Waals surface area (Å²) < 4.78 is 0. The molecule has 0 saturated carbocycles. The predicted molar refractivity (Wildman–Crippen MR) is 59.1 cm³/mol. The summed E-state index contributed by atoms with van der Waals surface area (Å²) >= 11 is 0. The summed E-state index contributed by atoms with van der Waals surface area (Å²) in [4.78, 5) is 13.7. The molecule has 0 amide bonds. The number of hydrogen-bond donors (Lipinski definition) is 1. The van der Waals surface area contributed by atoms with E-state index in [4.69, 9.17) is 0 Å². The molecule has 0 radical (unpaired) electrons. The molecule has 0 unspecified atom stereocenters. The quantitative estimate of drug-likeness (QED) is 0.723. The highest BCUT2D eigenvalue weighted by Gasteiger charge is 1.92. The highest BCUT2D eigenvalue weighted by Crippen LogP contribution is 2.05. The van der Waals surface area contributed by atoms with Crippen molar-refractivity contribution in [2.75, 3.05) is 0 Å². The Hall–Kier alpha value is -0.990. The number of pyridine rings is 1. The number of rotatable bonds is 0. The lowest BCUT2D eigenvalue weighted by Gasteiger charge is -1.92. The second-order valence-electron chi connectivity index (χ2n) is 2.39. The fourth-order valence-electron chi connectivity index (χ4n) is 1.13.